The average molecular weight is 215 g/mol. The second kappa shape index (κ2) is 3.65. The molecule has 1 N–H and O–H groups in total. The van der Waals surface area contributed by atoms with Gasteiger partial charge in [0.25, 0.3) is 0 Å². The summed E-state index contributed by atoms with van der Waals surface area (Å²) < 4.78 is 0. The van der Waals surface area contributed by atoms with Crippen LogP contribution in [0.1, 0.15) is 37.8 Å². The molecule has 1 aliphatic rings. The Morgan fingerprint density at radius 3 is 2.81 bits per heavy atom. The van der Waals surface area contributed by atoms with E-state index in [0.29, 0.717) is 0 Å². The number of fused-ring (bicyclic) bond motifs is 1. The van der Waals surface area contributed by atoms with Gasteiger partial charge in [0.05, 0.1) is 5.92 Å². The third kappa shape index (κ3) is 1.75. The van der Waals surface area contributed by atoms with Crippen molar-refractivity contribution in [1.29, 1.82) is 0 Å². The van der Waals surface area contributed by atoms with Crippen molar-refractivity contribution in [1.82, 2.24) is 0 Å². The molecule has 0 aromatic heterocycles. The third-order valence-electron chi connectivity index (χ3n) is 3.51. The summed E-state index contributed by atoms with van der Waals surface area (Å²) in [6.45, 7) is 6.13. The van der Waals surface area contributed by atoms with Gasteiger partial charge in [-0.2, -0.15) is 0 Å². The SMILES string of the molecule is CC(C(=O)O)c1ccc2c(c1)C(C)(C)C[B]2. The van der Waals surface area contributed by atoms with Crippen LogP contribution >= 0.6 is 0 Å². The van der Waals surface area contributed by atoms with Gasteiger partial charge in [0.15, 0.2) is 7.28 Å². The molecule has 1 heterocycles. The van der Waals surface area contributed by atoms with Gasteiger partial charge in [-0.25, -0.2) is 0 Å². The fourth-order valence-corrected chi connectivity index (χ4v) is 2.22. The van der Waals surface area contributed by atoms with E-state index in [4.69, 9.17) is 5.11 Å². The van der Waals surface area contributed by atoms with E-state index in [-0.39, 0.29) is 5.41 Å². The summed E-state index contributed by atoms with van der Waals surface area (Å²) in [6, 6.07) is 6.02. The highest BCUT2D eigenvalue weighted by Gasteiger charge is 2.30. The van der Waals surface area contributed by atoms with Crippen LogP contribution in [0.4, 0.5) is 0 Å². The maximum Gasteiger partial charge on any atom is 0.310 e. The third-order valence-corrected chi connectivity index (χ3v) is 3.51. The second-order valence-electron chi connectivity index (χ2n) is 5.20. The zero-order chi connectivity index (χ0) is 11.9. The number of carboxylic acid groups (broad SMARTS) is 1. The van der Waals surface area contributed by atoms with Crippen LogP contribution in [0.2, 0.25) is 6.32 Å². The lowest BCUT2D eigenvalue weighted by Gasteiger charge is -2.21. The van der Waals surface area contributed by atoms with Crippen molar-refractivity contribution in [2.24, 2.45) is 0 Å². The molecule has 0 aliphatic carbocycles. The first-order valence-electron chi connectivity index (χ1n) is 5.62. The van der Waals surface area contributed by atoms with Crippen molar-refractivity contribution >= 4 is 18.7 Å². The Hall–Kier alpha value is -1.25. The summed E-state index contributed by atoms with van der Waals surface area (Å²) in [5, 5.41) is 9.01. The highest BCUT2D eigenvalue weighted by Crippen LogP contribution is 2.32. The normalized spacial score (nSPS) is 18.7. The minimum atomic E-state index is -0.764. The fraction of sp³-hybridized carbons (Fsp3) is 0.462. The van der Waals surface area contributed by atoms with E-state index < -0.39 is 11.9 Å². The van der Waals surface area contributed by atoms with Gasteiger partial charge in [-0.15, -0.1) is 0 Å². The van der Waals surface area contributed by atoms with Crippen molar-refractivity contribution < 1.29 is 9.90 Å². The van der Waals surface area contributed by atoms with Crippen LogP contribution in [-0.4, -0.2) is 18.4 Å². The molecule has 0 spiro atoms. The minimum Gasteiger partial charge on any atom is -0.481 e. The molecule has 0 saturated carbocycles. The fourth-order valence-electron chi connectivity index (χ4n) is 2.22. The van der Waals surface area contributed by atoms with Crippen molar-refractivity contribution in [3.63, 3.8) is 0 Å². The molecule has 0 saturated heterocycles. The van der Waals surface area contributed by atoms with Crippen LogP contribution in [0.3, 0.4) is 0 Å². The van der Waals surface area contributed by atoms with E-state index in [1.165, 1.54) is 11.0 Å². The molecule has 1 aromatic rings. The molecule has 1 aromatic carbocycles. The van der Waals surface area contributed by atoms with Crippen LogP contribution in [0, 0.1) is 0 Å². The highest BCUT2D eigenvalue weighted by molar-refractivity contribution is 6.56. The Kier molecular flexibility index (Phi) is 2.57. The highest BCUT2D eigenvalue weighted by atomic mass is 16.4. The molecule has 3 heteroatoms. The molecular formula is C13H16BO2. The summed E-state index contributed by atoms with van der Waals surface area (Å²) in [5.74, 6) is -1.19. The van der Waals surface area contributed by atoms with Gasteiger partial charge in [-0.05, 0) is 23.5 Å². The lowest BCUT2D eigenvalue weighted by Crippen LogP contribution is -2.17. The smallest absolute Gasteiger partial charge is 0.310 e. The van der Waals surface area contributed by atoms with Gasteiger partial charge in [-0.3, -0.25) is 4.79 Å². The molecule has 0 amide bonds. The zero-order valence-electron chi connectivity index (χ0n) is 9.95. The summed E-state index contributed by atoms with van der Waals surface area (Å²) in [6.07, 6.45) is 1.03. The lowest BCUT2D eigenvalue weighted by molar-refractivity contribution is -0.138. The van der Waals surface area contributed by atoms with Crippen LogP contribution in [0.25, 0.3) is 0 Å². The first-order chi connectivity index (χ1) is 7.42. The maximum absolute atomic E-state index is 11.0. The molecule has 2 nitrogen and oxygen atoms in total. The summed E-state index contributed by atoms with van der Waals surface area (Å²) in [7, 11) is 2.23. The minimum absolute atomic E-state index is 0.142. The molecule has 1 atom stereocenters. The van der Waals surface area contributed by atoms with Crippen molar-refractivity contribution in [3.05, 3.63) is 29.3 Å². The molecule has 0 fully saturated rings. The maximum atomic E-state index is 11.0. The Bertz CT molecular complexity index is 438. The number of aliphatic carboxylic acids is 1. The number of benzene rings is 1. The van der Waals surface area contributed by atoms with Gasteiger partial charge in [0.1, 0.15) is 0 Å². The summed E-state index contributed by atoms with van der Waals surface area (Å²) in [5.41, 5.74) is 3.57. The topological polar surface area (TPSA) is 37.3 Å². The van der Waals surface area contributed by atoms with E-state index in [9.17, 15) is 4.79 Å². The lowest BCUT2D eigenvalue weighted by atomic mass is 9.69. The zero-order valence-corrected chi connectivity index (χ0v) is 9.95. The Morgan fingerprint density at radius 1 is 1.50 bits per heavy atom. The van der Waals surface area contributed by atoms with E-state index in [2.05, 4.69) is 27.2 Å². The molecular weight excluding hydrogens is 199 g/mol. The predicted molar refractivity (Wildman–Crippen MR) is 65.7 cm³/mol. The van der Waals surface area contributed by atoms with Gasteiger partial charge in [0, 0.05) is 0 Å². The van der Waals surface area contributed by atoms with E-state index in [1.54, 1.807) is 6.92 Å². The Morgan fingerprint density at radius 2 is 2.19 bits per heavy atom. The van der Waals surface area contributed by atoms with Gasteiger partial charge < -0.3 is 5.11 Å². The van der Waals surface area contributed by atoms with Crippen LogP contribution in [-0.2, 0) is 10.2 Å². The quantitative estimate of drug-likeness (QED) is 0.765. The van der Waals surface area contributed by atoms with Crippen LogP contribution in [0.5, 0.6) is 0 Å². The molecule has 1 radical (unpaired) electrons. The molecule has 2 rings (SSSR count). The van der Waals surface area contributed by atoms with Gasteiger partial charge in [0.2, 0.25) is 0 Å². The molecule has 1 aliphatic heterocycles. The predicted octanol–water partition coefficient (Wildman–Crippen LogP) is 1.91. The second-order valence-corrected chi connectivity index (χ2v) is 5.20. The van der Waals surface area contributed by atoms with Crippen LogP contribution < -0.4 is 5.46 Å². The molecule has 16 heavy (non-hydrogen) atoms. The summed E-state index contributed by atoms with van der Waals surface area (Å²) in [4.78, 5) is 11.0. The van der Waals surface area contributed by atoms with Crippen molar-refractivity contribution in [2.45, 2.75) is 38.4 Å². The largest absolute Gasteiger partial charge is 0.481 e. The summed E-state index contributed by atoms with van der Waals surface area (Å²) >= 11 is 0. The molecule has 1 unspecified atom stereocenters. The van der Waals surface area contributed by atoms with E-state index >= 15 is 0 Å². The number of carboxylic acids is 1. The first kappa shape index (κ1) is 11.2. The van der Waals surface area contributed by atoms with E-state index in [1.807, 2.05) is 12.1 Å². The number of hydrogen-bond acceptors (Lipinski definition) is 1. The van der Waals surface area contributed by atoms with Crippen molar-refractivity contribution in [3.8, 4) is 0 Å². The van der Waals surface area contributed by atoms with Gasteiger partial charge in [-0.1, -0.05) is 43.8 Å². The van der Waals surface area contributed by atoms with Gasteiger partial charge >= 0.3 is 5.97 Å². The van der Waals surface area contributed by atoms with Crippen molar-refractivity contribution in [2.75, 3.05) is 0 Å². The Balaban J connectivity index is 2.43. The average Bonchev–Trinajstić information content (AvgIpc) is 2.53. The standard InChI is InChI=1S/C13H16BO2/c1-8(12(15)16)9-4-5-11-10(6-9)13(2,3)7-14-11/h4-6,8H,7H2,1-3H3,(H,15,16). The number of hydrogen-bond donors (Lipinski definition) is 1. The monoisotopic (exact) mass is 215 g/mol. The Labute approximate surface area is 96.9 Å². The number of carbonyl (C=O) groups is 1. The van der Waals surface area contributed by atoms with E-state index in [0.717, 1.165) is 11.9 Å². The molecule has 83 valence electrons. The molecule has 0 bridgehead atoms. The first-order valence-corrected chi connectivity index (χ1v) is 5.62. The number of rotatable bonds is 2. The van der Waals surface area contributed by atoms with Crippen LogP contribution in [0.15, 0.2) is 18.2 Å².